The molecule has 1 saturated heterocycles. The minimum Gasteiger partial charge on any atom is -0.490 e. The summed E-state index contributed by atoms with van der Waals surface area (Å²) in [6, 6.07) is 5.25. The number of nitrogens with zero attached hydrogens (tertiary/aromatic N) is 1. The van der Waals surface area contributed by atoms with E-state index >= 15 is 0 Å². The van der Waals surface area contributed by atoms with Crippen molar-refractivity contribution in [1.82, 2.24) is 10.2 Å². The van der Waals surface area contributed by atoms with Gasteiger partial charge in [0.2, 0.25) is 5.76 Å². The average Bonchev–Trinajstić information content (AvgIpc) is 3.38. The third-order valence-corrected chi connectivity index (χ3v) is 4.95. The zero-order valence-corrected chi connectivity index (χ0v) is 20.8. The Bertz CT molecular complexity index is 1200. The number of halogens is 1. The maximum atomic E-state index is 12.9. The first-order chi connectivity index (χ1) is 17.1. The van der Waals surface area contributed by atoms with Gasteiger partial charge >= 0.3 is 18.0 Å². The molecule has 12 heteroatoms. The van der Waals surface area contributed by atoms with E-state index < -0.39 is 23.9 Å². The molecule has 1 N–H and O–H groups in total. The molecular formula is C24H25ClN2O9. The van der Waals surface area contributed by atoms with Crippen molar-refractivity contribution >= 4 is 41.6 Å². The Hall–Kier alpha value is -3.99. The maximum absolute atomic E-state index is 12.9. The van der Waals surface area contributed by atoms with Crippen LogP contribution in [0.4, 0.5) is 4.79 Å². The Morgan fingerprint density at radius 2 is 1.94 bits per heavy atom. The van der Waals surface area contributed by atoms with E-state index in [-0.39, 0.29) is 59.6 Å². The fourth-order valence-electron chi connectivity index (χ4n) is 3.21. The van der Waals surface area contributed by atoms with Crippen LogP contribution in [-0.4, -0.2) is 55.2 Å². The number of imide groups is 1. The van der Waals surface area contributed by atoms with Crippen LogP contribution in [0.15, 0.2) is 34.4 Å². The molecule has 0 unspecified atom stereocenters. The van der Waals surface area contributed by atoms with Crippen molar-refractivity contribution in [2.45, 2.75) is 33.4 Å². The summed E-state index contributed by atoms with van der Waals surface area (Å²) in [6.07, 6.45) is 1.13. The zero-order chi connectivity index (χ0) is 26.4. The SMILES string of the molecule is CCOc1cc(/C=C2\NC(=O)N(Cc3ccc(C(=O)OC)o3)C2=O)cc(Cl)c1OCC(=O)OC(C)C. The third-order valence-electron chi connectivity index (χ3n) is 4.67. The van der Waals surface area contributed by atoms with Gasteiger partial charge in [0.15, 0.2) is 18.1 Å². The number of methoxy groups -OCH3 is 1. The topological polar surface area (TPSA) is 134 Å². The monoisotopic (exact) mass is 520 g/mol. The zero-order valence-electron chi connectivity index (χ0n) is 20.1. The number of urea groups is 1. The second-order valence-electron chi connectivity index (χ2n) is 7.73. The van der Waals surface area contributed by atoms with Crippen LogP contribution in [0.3, 0.4) is 0 Å². The predicted molar refractivity (Wildman–Crippen MR) is 126 cm³/mol. The summed E-state index contributed by atoms with van der Waals surface area (Å²) in [5, 5.41) is 2.63. The van der Waals surface area contributed by atoms with E-state index in [0.29, 0.717) is 5.56 Å². The molecule has 0 saturated carbocycles. The molecule has 0 radical (unpaired) electrons. The number of hydrogen-bond donors (Lipinski definition) is 1. The predicted octanol–water partition coefficient (Wildman–Crippen LogP) is 3.54. The number of esters is 2. The van der Waals surface area contributed by atoms with Crippen molar-refractivity contribution in [3.05, 3.63) is 52.1 Å². The highest BCUT2D eigenvalue weighted by atomic mass is 35.5. The average molecular weight is 521 g/mol. The molecule has 1 aromatic heterocycles. The van der Waals surface area contributed by atoms with Crippen LogP contribution in [0.25, 0.3) is 6.08 Å². The normalized spacial score (nSPS) is 14.3. The molecule has 0 aliphatic carbocycles. The van der Waals surface area contributed by atoms with Crippen molar-refractivity contribution in [2.24, 2.45) is 0 Å². The number of benzene rings is 1. The number of carbonyl (C=O) groups excluding carboxylic acids is 4. The van der Waals surface area contributed by atoms with Gasteiger partial charge in [0, 0.05) is 0 Å². The van der Waals surface area contributed by atoms with Crippen LogP contribution in [0.1, 0.15) is 42.6 Å². The summed E-state index contributed by atoms with van der Waals surface area (Å²) in [6.45, 7) is 4.92. The van der Waals surface area contributed by atoms with Gasteiger partial charge in [-0.2, -0.15) is 0 Å². The fraction of sp³-hybridized carbons (Fsp3) is 0.333. The van der Waals surface area contributed by atoms with Crippen LogP contribution in [0.2, 0.25) is 5.02 Å². The number of hydrogen-bond acceptors (Lipinski definition) is 9. The highest BCUT2D eigenvalue weighted by Crippen LogP contribution is 2.37. The van der Waals surface area contributed by atoms with E-state index in [4.69, 9.17) is 30.2 Å². The quantitative estimate of drug-likeness (QED) is 0.283. The van der Waals surface area contributed by atoms with Crippen molar-refractivity contribution in [2.75, 3.05) is 20.3 Å². The Morgan fingerprint density at radius 3 is 2.61 bits per heavy atom. The molecule has 0 atom stereocenters. The highest BCUT2D eigenvalue weighted by Gasteiger charge is 2.34. The van der Waals surface area contributed by atoms with Gasteiger partial charge in [0.05, 0.1) is 31.4 Å². The lowest BCUT2D eigenvalue weighted by atomic mass is 10.1. The molecule has 1 aliphatic rings. The van der Waals surface area contributed by atoms with Crippen LogP contribution < -0.4 is 14.8 Å². The van der Waals surface area contributed by atoms with Gasteiger partial charge in [0.1, 0.15) is 11.5 Å². The maximum Gasteiger partial charge on any atom is 0.373 e. The second-order valence-corrected chi connectivity index (χ2v) is 8.13. The summed E-state index contributed by atoms with van der Waals surface area (Å²) in [4.78, 5) is 49.6. The van der Waals surface area contributed by atoms with Gasteiger partial charge in [-0.25, -0.2) is 14.4 Å². The van der Waals surface area contributed by atoms with E-state index in [1.165, 1.54) is 31.4 Å². The van der Waals surface area contributed by atoms with Gasteiger partial charge in [-0.3, -0.25) is 9.69 Å². The number of furan rings is 1. The molecule has 192 valence electrons. The lowest BCUT2D eigenvalue weighted by molar-refractivity contribution is -0.149. The van der Waals surface area contributed by atoms with E-state index in [0.717, 1.165) is 4.90 Å². The van der Waals surface area contributed by atoms with Gasteiger partial charge < -0.3 is 28.7 Å². The minimum absolute atomic E-state index is 0.00700. The number of amides is 3. The summed E-state index contributed by atoms with van der Waals surface area (Å²) in [5.74, 6) is -1.29. The number of ether oxygens (including phenoxy) is 4. The molecule has 1 aliphatic heterocycles. The van der Waals surface area contributed by atoms with E-state index in [1.54, 1.807) is 26.8 Å². The standard InChI is InChI=1S/C24H25ClN2O9/c1-5-33-19-10-14(8-16(25)21(19)34-12-20(28)35-13(2)3)9-17-22(29)27(24(31)26-17)11-15-6-7-18(36-15)23(30)32-4/h6-10,13H,5,11-12H2,1-4H3,(H,26,31)/b17-9-. The van der Waals surface area contributed by atoms with E-state index in [2.05, 4.69) is 10.1 Å². The lowest BCUT2D eigenvalue weighted by Crippen LogP contribution is -2.30. The summed E-state index contributed by atoms with van der Waals surface area (Å²) in [5.41, 5.74) is 0.435. The first kappa shape index (κ1) is 26.6. The first-order valence-electron chi connectivity index (χ1n) is 10.9. The fourth-order valence-corrected chi connectivity index (χ4v) is 3.49. The van der Waals surface area contributed by atoms with Gasteiger partial charge in [-0.1, -0.05) is 11.6 Å². The number of carbonyl (C=O) groups is 4. The van der Waals surface area contributed by atoms with Crippen LogP contribution in [0, 0.1) is 0 Å². The highest BCUT2D eigenvalue weighted by molar-refractivity contribution is 6.32. The minimum atomic E-state index is -0.676. The molecule has 2 aromatic rings. The van der Waals surface area contributed by atoms with Crippen molar-refractivity contribution in [3.8, 4) is 11.5 Å². The number of rotatable bonds is 10. The molecular weight excluding hydrogens is 496 g/mol. The second kappa shape index (κ2) is 11.6. The van der Waals surface area contributed by atoms with Crippen LogP contribution in [0.5, 0.6) is 11.5 Å². The van der Waals surface area contributed by atoms with Gasteiger partial charge in [-0.05, 0) is 56.7 Å². The molecule has 11 nitrogen and oxygen atoms in total. The number of nitrogens with one attached hydrogen (secondary N) is 1. The van der Waals surface area contributed by atoms with Gasteiger partial charge in [-0.15, -0.1) is 0 Å². The molecule has 2 heterocycles. The largest absolute Gasteiger partial charge is 0.490 e. The summed E-state index contributed by atoms with van der Waals surface area (Å²) >= 11 is 6.37. The smallest absolute Gasteiger partial charge is 0.373 e. The Morgan fingerprint density at radius 1 is 1.19 bits per heavy atom. The van der Waals surface area contributed by atoms with Crippen molar-refractivity contribution in [3.63, 3.8) is 0 Å². The molecule has 1 aromatic carbocycles. The van der Waals surface area contributed by atoms with Crippen molar-refractivity contribution < 1.29 is 42.5 Å². The van der Waals surface area contributed by atoms with E-state index in [9.17, 15) is 19.2 Å². The molecule has 3 rings (SSSR count). The van der Waals surface area contributed by atoms with Crippen LogP contribution >= 0.6 is 11.6 Å². The summed E-state index contributed by atoms with van der Waals surface area (Å²) < 4.78 is 26.1. The van der Waals surface area contributed by atoms with E-state index in [1.807, 2.05) is 0 Å². The molecule has 3 amide bonds. The Labute approximate surface area is 211 Å². The Balaban J connectivity index is 1.78. The van der Waals surface area contributed by atoms with Crippen molar-refractivity contribution in [1.29, 1.82) is 0 Å². The lowest BCUT2D eigenvalue weighted by Gasteiger charge is -2.15. The third kappa shape index (κ3) is 6.36. The molecule has 36 heavy (non-hydrogen) atoms. The summed E-state index contributed by atoms with van der Waals surface area (Å²) in [7, 11) is 1.21. The molecule has 0 spiro atoms. The molecule has 0 bridgehead atoms. The Kier molecular flexibility index (Phi) is 8.59. The van der Waals surface area contributed by atoms with Crippen LogP contribution in [-0.2, 0) is 25.6 Å². The molecule has 1 fully saturated rings. The van der Waals surface area contributed by atoms with Gasteiger partial charge in [0.25, 0.3) is 5.91 Å². The first-order valence-corrected chi connectivity index (χ1v) is 11.3.